The van der Waals surface area contributed by atoms with E-state index in [4.69, 9.17) is 18.6 Å². The molecule has 0 aliphatic rings. The van der Waals surface area contributed by atoms with Crippen molar-refractivity contribution in [2.24, 2.45) is 0 Å². The maximum Gasteiger partial charge on any atom is 0.203 e. The van der Waals surface area contributed by atoms with Gasteiger partial charge in [-0.3, -0.25) is 0 Å². The van der Waals surface area contributed by atoms with Crippen molar-refractivity contribution >= 4 is 22.5 Å². The molecular weight excluding hydrogens is 358 g/mol. The Morgan fingerprint density at radius 2 is 1.64 bits per heavy atom. The smallest absolute Gasteiger partial charge is 0.203 e. The molecular formula is C21H19N3O4. The van der Waals surface area contributed by atoms with Gasteiger partial charge in [0, 0.05) is 29.4 Å². The molecule has 142 valence electrons. The van der Waals surface area contributed by atoms with Crippen molar-refractivity contribution in [1.29, 1.82) is 0 Å². The van der Waals surface area contributed by atoms with Crippen LogP contribution in [0.2, 0.25) is 0 Å². The van der Waals surface area contributed by atoms with Crippen LogP contribution in [0.3, 0.4) is 0 Å². The van der Waals surface area contributed by atoms with Gasteiger partial charge in [0.1, 0.15) is 11.4 Å². The quantitative estimate of drug-likeness (QED) is 0.523. The summed E-state index contributed by atoms with van der Waals surface area (Å²) in [7, 11) is 4.72. The Morgan fingerprint density at radius 1 is 0.893 bits per heavy atom. The molecule has 0 aliphatic carbocycles. The van der Waals surface area contributed by atoms with Crippen molar-refractivity contribution in [3.8, 4) is 28.8 Å². The van der Waals surface area contributed by atoms with E-state index in [9.17, 15) is 0 Å². The van der Waals surface area contributed by atoms with Crippen molar-refractivity contribution in [2.45, 2.75) is 0 Å². The van der Waals surface area contributed by atoms with Crippen molar-refractivity contribution in [1.82, 2.24) is 9.97 Å². The molecule has 4 rings (SSSR count). The normalized spacial score (nSPS) is 10.7. The first-order valence-corrected chi connectivity index (χ1v) is 8.61. The van der Waals surface area contributed by atoms with Gasteiger partial charge in [0.15, 0.2) is 23.1 Å². The lowest BCUT2D eigenvalue weighted by molar-refractivity contribution is 0.324. The number of fused-ring (bicyclic) bond motifs is 1. The highest BCUT2D eigenvalue weighted by Crippen LogP contribution is 2.40. The average Bonchev–Trinajstić information content (AvgIpc) is 3.17. The summed E-state index contributed by atoms with van der Waals surface area (Å²) in [6.07, 6.45) is 1.68. The molecule has 0 saturated carbocycles. The zero-order valence-corrected chi connectivity index (χ0v) is 15.7. The summed E-state index contributed by atoms with van der Waals surface area (Å²) >= 11 is 0. The van der Waals surface area contributed by atoms with Crippen LogP contribution in [0.25, 0.3) is 22.6 Å². The summed E-state index contributed by atoms with van der Waals surface area (Å²) in [5, 5.41) is 4.24. The van der Waals surface area contributed by atoms with Crippen LogP contribution < -0.4 is 19.5 Å². The van der Waals surface area contributed by atoms with E-state index in [0.717, 1.165) is 16.7 Å². The number of aromatic nitrogens is 2. The molecule has 2 heterocycles. The molecule has 0 saturated heterocycles. The van der Waals surface area contributed by atoms with Crippen LogP contribution in [0.5, 0.6) is 17.2 Å². The molecule has 7 nitrogen and oxygen atoms in total. The number of furan rings is 1. The molecule has 7 heteroatoms. The monoisotopic (exact) mass is 377 g/mol. The Morgan fingerprint density at radius 3 is 2.32 bits per heavy atom. The van der Waals surface area contributed by atoms with Gasteiger partial charge in [-0.15, -0.1) is 0 Å². The van der Waals surface area contributed by atoms with Gasteiger partial charge in [0.25, 0.3) is 0 Å². The SMILES string of the molecule is COc1cc(Nc2ccnc(-c3cc4ccccc4o3)n2)cc(OC)c1OC. The van der Waals surface area contributed by atoms with Crippen molar-refractivity contribution in [3.05, 3.63) is 54.7 Å². The van der Waals surface area contributed by atoms with Crippen LogP contribution in [0.15, 0.2) is 59.1 Å². The molecule has 0 amide bonds. The average molecular weight is 377 g/mol. The van der Waals surface area contributed by atoms with E-state index < -0.39 is 0 Å². The van der Waals surface area contributed by atoms with Crippen LogP contribution in [0.1, 0.15) is 0 Å². The van der Waals surface area contributed by atoms with Crippen molar-refractivity contribution < 1.29 is 18.6 Å². The molecule has 28 heavy (non-hydrogen) atoms. The van der Waals surface area contributed by atoms with E-state index in [-0.39, 0.29) is 0 Å². The summed E-state index contributed by atoms with van der Waals surface area (Å²) in [5.74, 6) is 3.34. The van der Waals surface area contributed by atoms with E-state index in [2.05, 4.69) is 15.3 Å². The summed E-state index contributed by atoms with van der Waals surface area (Å²) in [4.78, 5) is 8.89. The van der Waals surface area contributed by atoms with Crippen LogP contribution in [-0.2, 0) is 0 Å². The Hall–Kier alpha value is -3.74. The van der Waals surface area contributed by atoms with Crippen LogP contribution in [0.4, 0.5) is 11.5 Å². The largest absolute Gasteiger partial charge is 0.493 e. The minimum absolute atomic E-state index is 0.494. The van der Waals surface area contributed by atoms with E-state index >= 15 is 0 Å². The van der Waals surface area contributed by atoms with Gasteiger partial charge in [0.05, 0.1) is 21.3 Å². The van der Waals surface area contributed by atoms with Gasteiger partial charge in [-0.1, -0.05) is 18.2 Å². The molecule has 0 aliphatic heterocycles. The standard InChI is InChI=1S/C21H19N3O4/c1-25-16-11-14(12-17(26-2)20(16)27-3)23-19-8-9-22-21(24-19)18-10-13-6-4-5-7-15(13)28-18/h4-12H,1-3H3,(H,22,23,24). The highest BCUT2D eigenvalue weighted by Gasteiger charge is 2.14. The fraction of sp³-hybridized carbons (Fsp3) is 0.143. The van der Waals surface area contributed by atoms with Gasteiger partial charge >= 0.3 is 0 Å². The van der Waals surface area contributed by atoms with Crippen LogP contribution in [0, 0.1) is 0 Å². The van der Waals surface area contributed by atoms with Gasteiger partial charge in [-0.05, 0) is 18.2 Å². The Kier molecular flexibility index (Phi) is 4.72. The topological polar surface area (TPSA) is 78.6 Å². The summed E-state index contributed by atoms with van der Waals surface area (Å²) < 4.78 is 22.0. The molecule has 1 N–H and O–H groups in total. The highest BCUT2D eigenvalue weighted by atomic mass is 16.5. The molecule has 0 spiro atoms. The van der Waals surface area contributed by atoms with Crippen LogP contribution in [-0.4, -0.2) is 31.3 Å². The Bertz CT molecular complexity index is 1070. The summed E-state index contributed by atoms with van der Waals surface area (Å²) in [6.45, 7) is 0. The number of hydrogen-bond donors (Lipinski definition) is 1. The highest BCUT2D eigenvalue weighted by molar-refractivity contribution is 5.81. The Balaban J connectivity index is 1.67. The van der Waals surface area contributed by atoms with Gasteiger partial charge in [-0.2, -0.15) is 0 Å². The summed E-state index contributed by atoms with van der Waals surface area (Å²) in [5.41, 5.74) is 1.54. The van der Waals surface area contributed by atoms with Crippen molar-refractivity contribution in [2.75, 3.05) is 26.6 Å². The number of para-hydroxylation sites is 1. The minimum atomic E-state index is 0.494. The molecule has 2 aromatic carbocycles. The van der Waals surface area contributed by atoms with E-state index in [1.807, 2.05) is 42.5 Å². The first-order valence-electron chi connectivity index (χ1n) is 8.61. The van der Waals surface area contributed by atoms with Gasteiger partial charge in [-0.25, -0.2) is 9.97 Å². The van der Waals surface area contributed by atoms with Crippen LogP contribution >= 0.6 is 0 Å². The van der Waals surface area contributed by atoms with E-state index in [0.29, 0.717) is 34.7 Å². The van der Waals surface area contributed by atoms with Gasteiger partial charge in [0.2, 0.25) is 5.75 Å². The molecule has 2 aromatic heterocycles. The predicted octanol–water partition coefficient (Wildman–Crippen LogP) is 4.66. The van der Waals surface area contributed by atoms with Crippen molar-refractivity contribution in [3.63, 3.8) is 0 Å². The molecule has 0 fully saturated rings. The lowest BCUT2D eigenvalue weighted by atomic mass is 10.2. The number of nitrogens with one attached hydrogen (secondary N) is 1. The molecule has 4 aromatic rings. The third-order valence-corrected chi connectivity index (χ3v) is 4.24. The molecule has 0 atom stereocenters. The van der Waals surface area contributed by atoms with E-state index in [1.165, 1.54) is 0 Å². The molecule has 0 radical (unpaired) electrons. The van der Waals surface area contributed by atoms with Gasteiger partial charge < -0.3 is 23.9 Å². The minimum Gasteiger partial charge on any atom is -0.493 e. The number of anilines is 2. The first kappa shape index (κ1) is 17.7. The first-order chi connectivity index (χ1) is 13.7. The molecule has 0 unspecified atom stereocenters. The third-order valence-electron chi connectivity index (χ3n) is 4.24. The lowest BCUT2D eigenvalue weighted by Crippen LogP contribution is -1.99. The Labute approximate surface area is 161 Å². The lowest BCUT2D eigenvalue weighted by Gasteiger charge is -2.15. The number of benzene rings is 2. The fourth-order valence-electron chi connectivity index (χ4n) is 2.94. The predicted molar refractivity (Wildman–Crippen MR) is 107 cm³/mol. The zero-order chi connectivity index (χ0) is 19.5. The second-order valence-electron chi connectivity index (χ2n) is 5.95. The summed E-state index contributed by atoms with van der Waals surface area (Å²) in [6, 6.07) is 15.1. The van der Waals surface area contributed by atoms with E-state index in [1.54, 1.807) is 33.6 Å². The number of rotatable bonds is 6. The second kappa shape index (κ2) is 7.48. The third kappa shape index (κ3) is 3.29. The number of ether oxygens (including phenoxy) is 3. The second-order valence-corrected chi connectivity index (χ2v) is 5.95. The number of hydrogen-bond acceptors (Lipinski definition) is 7. The number of nitrogens with zero attached hydrogens (tertiary/aromatic N) is 2. The fourth-order valence-corrected chi connectivity index (χ4v) is 2.94. The maximum absolute atomic E-state index is 5.85. The number of methoxy groups -OCH3 is 3. The maximum atomic E-state index is 5.85. The molecule has 0 bridgehead atoms. The zero-order valence-electron chi connectivity index (χ0n) is 15.7.